The van der Waals surface area contributed by atoms with E-state index >= 15 is 0 Å². The number of alkyl halides is 4. The Bertz CT molecular complexity index is 740. The van der Waals surface area contributed by atoms with Crippen LogP contribution >= 0.6 is 0 Å². The van der Waals surface area contributed by atoms with Gasteiger partial charge in [0.25, 0.3) is 0 Å². The van der Waals surface area contributed by atoms with E-state index in [-0.39, 0.29) is 28.4 Å². The van der Waals surface area contributed by atoms with Crippen LogP contribution < -0.4 is 9.47 Å². The fourth-order valence-corrected chi connectivity index (χ4v) is 1.90. The maximum Gasteiger partial charge on any atom is 0.387 e. The average molecular weight is 356 g/mol. The highest BCUT2D eigenvalue weighted by atomic mass is 19.3. The molecule has 0 bridgehead atoms. The highest BCUT2D eigenvalue weighted by Crippen LogP contribution is 2.20. The number of aliphatic hydroxyl groups is 1. The molecule has 0 saturated carbocycles. The Hall–Kier alpha value is -3.03. The summed E-state index contributed by atoms with van der Waals surface area (Å²) >= 11 is 0. The topological polar surface area (TPSA) is 55.8 Å². The van der Waals surface area contributed by atoms with Crippen molar-refractivity contribution in [1.82, 2.24) is 0 Å². The number of benzene rings is 2. The summed E-state index contributed by atoms with van der Waals surface area (Å²) in [6, 6.07) is 9.96. The Morgan fingerprint density at radius 2 is 1.20 bits per heavy atom. The van der Waals surface area contributed by atoms with Gasteiger partial charge in [-0.3, -0.25) is 4.79 Å². The Kier molecular flexibility index (Phi) is 5.99. The van der Waals surface area contributed by atoms with Gasteiger partial charge in [-0.1, -0.05) is 0 Å². The van der Waals surface area contributed by atoms with Gasteiger partial charge in [0.1, 0.15) is 17.3 Å². The number of ether oxygens (including phenoxy) is 2. The first-order chi connectivity index (χ1) is 11.8. The third-order valence-corrected chi connectivity index (χ3v) is 3.01. The number of ketones is 1. The summed E-state index contributed by atoms with van der Waals surface area (Å²) in [6.45, 7) is -5.93. The largest absolute Gasteiger partial charge is 0.507 e. The van der Waals surface area contributed by atoms with Gasteiger partial charge in [0.2, 0.25) is 0 Å². The summed E-state index contributed by atoms with van der Waals surface area (Å²) in [7, 11) is 0. The lowest BCUT2D eigenvalue weighted by Crippen LogP contribution is -2.02. The predicted octanol–water partition coefficient (Wildman–Crippen LogP) is 4.67. The van der Waals surface area contributed by atoms with Crippen molar-refractivity contribution in [3.05, 3.63) is 65.7 Å². The summed E-state index contributed by atoms with van der Waals surface area (Å²) in [6.07, 6.45) is 0.923. The van der Waals surface area contributed by atoms with E-state index in [4.69, 9.17) is 0 Å². The van der Waals surface area contributed by atoms with Crippen molar-refractivity contribution in [3.8, 4) is 11.5 Å². The van der Waals surface area contributed by atoms with Crippen molar-refractivity contribution in [2.24, 2.45) is 0 Å². The maximum atomic E-state index is 12.1. The molecule has 0 amide bonds. The first-order valence-electron chi connectivity index (χ1n) is 6.90. The molecule has 0 radical (unpaired) electrons. The van der Waals surface area contributed by atoms with Gasteiger partial charge in [-0.05, 0) is 48.5 Å². The van der Waals surface area contributed by atoms with Crippen LogP contribution in [0.5, 0.6) is 11.5 Å². The number of allylic oxidation sites excluding steroid dienone is 1. The van der Waals surface area contributed by atoms with Crippen LogP contribution in [0.15, 0.2) is 54.6 Å². The van der Waals surface area contributed by atoms with Gasteiger partial charge in [0, 0.05) is 17.2 Å². The van der Waals surface area contributed by atoms with Gasteiger partial charge >= 0.3 is 13.2 Å². The molecule has 0 aliphatic rings. The smallest absolute Gasteiger partial charge is 0.387 e. The monoisotopic (exact) mass is 356 g/mol. The zero-order valence-electron chi connectivity index (χ0n) is 12.5. The van der Waals surface area contributed by atoms with E-state index < -0.39 is 19.0 Å². The first kappa shape index (κ1) is 18.3. The molecule has 0 unspecified atom stereocenters. The number of rotatable bonds is 7. The molecule has 0 spiro atoms. The molecule has 2 rings (SSSR count). The zero-order chi connectivity index (χ0) is 18.4. The molecule has 2 aromatic rings. The maximum absolute atomic E-state index is 12.1. The van der Waals surface area contributed by atoms with Gasteiger partial charge in [0.05, 0.1) is 0 Å². The van der Waals surface area contributed by atoms with Crippen molar-refractivity contribution in [2.45, 2.75) is 13.2 Å². The Balaban J connectivity index is 2.09. The number of carbonyl (C=O) groups is 1. The molecular formula is C17H12F4O4. The minimum Gasteiger partial charge on any atom is -0.507 e. The van der Waals surface area contributed by atoms with Crippen LogP contribution in [-0.4, -0.2) is 24.1 Å². The second-order valence-corrected chi connectivity index (χ2v) is 4.70. The Morgan fingerprint density at radius 1 is 0.800 bits per heavy atom. The highest BCUT2D eigenvalue weighted by Gasteiger charge is 2.09. The highest BCUT2D eigenvalue weighted by molar-refractivity contribution is 6.07. The minimum atomic E-state index is -2.97. The Labute approximate surface area is 139 Å². The minimum absolute atomic E-state index is 0.0903. The molecule has 132 valence electrons. The lowest BCUT2D eigenvalue weighted by molar-refractivity contribution is -0.0505. The van der Waals surface area contributed by atoms with Gasteiger partial charge in [-0.25, -0.2) is 0 Å². The van der Waals surface area contributed by atoms with E-state index in [1.807, 2.05) is 0 Å². The third-order valence-electron chi connectivity index (χ3n) is 3.01. The van der Waals surface area contributed by atoms with Crippen molar-refractivity contribution >= 4 is 11.5 Å². The molecule has 4 nitrogen and oxygen atoms in total. The molecule has 25 heavy (non-hydrogen) atoms. The van der Waals surface area contributed by atoms with Crippen LogP contribution in [0.3, 0.4) is 0 Å². The third kappa shape index (κ3) is 5.52. The standard InChI is InChI=1S/C17H12F4O4/c18-16(19)24-12-5-1-10(2-6-12)14(22)9-15(23)11-3-7-13(8-4-11)25-17(20)21/h1-9,16-17,22H. The zero-order valence-corrected chi connectivity index (χ0v) is 12.5. The van der Waals surface area contributed by atoms with Crippen molar-refractivity contribution in [2.75, 3.05) is 0 Å². The van der Waals surface area contributed by atoms with Crippen LogP contribution in [0.2, 0.25) is 0 Å². The van der Waals surface area contributed by atoms with Crippen LogP contribution in [0.1, 0.15) is 15.9 Å². The van der Waals surface area contributed by atoms with Crippen LogP contribution in [0.25, 0.3) is 5.76 Å². The number of halogens is 4. The fraction of sp³-hybridized carbons (Fsp3) is 0.118. The molecule has 0 aliphatic carbocycles. The summed E-state index contributed by atoms with van der Waals surface area (Å²) in [5, 5.41) is 9.93. The van der Waals surface area contributed by atoms with E-state index in [1.54, 1.807) is 0 Å². The van der Waals surface area contributed by atoms with Crippen LogP contribution in [0.4, 0.5) is 17.6 Å². The second kappa shape index (κ2) is 8.18. The van der Waals surface area contributed by atoms with Gasteiger partial charge < -0.3 is 14.6 Å². The normalized spacial score (nSPS) is 11.7. The van der Waals surface area contributed by atoms with Gasteiger partial charge in [-0.15, -0.1) is 0 Å². The number of carbonyl (C=O) groups excluding carboxylic acids is 1. The van der Waals surface area contributed by atoms with E-state index in [0.717, 1.165) is 6.08 Å². The van der Waals surface area contributed by atoms with E-state index in [0.29, 0.717) is 0 Å². The van der Waals surface area contributed by atoms with Crippen molar-refractivity contribution in [1.29, 1.82) is 0 Å². The van der Waals surface area contributed by atoms with Crippen LogP contribution in [-0.2, 0) is 0 Å². The first-order valence-corrected chi connectivity index (χ1v) is 6.90. The molecule has 8 heteroatoms. The molecule has 0 aliphatic heterocycles. The number of hydrogen-bond donors (Lipinski definition) is 1. The summed E-state index contributed by atoms with van der Waals surface area (Å²) in [5.74, 6) is -1.16. The molecular weight excluding hydrogens is 344 g/mol. The second-order valence-electron chi connectivity index (χ2n) is 4.70. The lowest BCUT2D eigenvalue weighted by atomic mass is 10.1. The molecule has 0 heterocycles. The van der Waals surface area contributed by atoms with Crippen molar-refractivity contribution in [3.63, 3.8) is 0 Å². The van der Waals surface area contributed by atoms with Gasteiger partial charge in [0.15, 0.2) is 5.78 Å². The predicted molar refractivity (Wildman–Crippen MR) is 81.1 cm³/mol. The SMILES string of the molecule is O=C(C=C(O)c1ccc(OC(F)F)cc1)c1ccc(OC(F)F)cc1. The Morgan fingerprint density at radius 3 is 1.60 bits per heavy atom. The van der Waals surface area contributed by atoms with E-state index in [1.165, 1.54) is 48.5 Å². The molecule has 0 atom stereocenters. The number of aliphatic hydroxyl groups excluding tert-OH is 1. The quantitative estimate of drug-likeness (QED) is 0.339. The summed E-state index contributed by atoms with van der Waals surface area (Å²) in [4.78, 5) is 12.0. The molecule has 1 N–H and O–H groups in total. The molecule has 0 saturated heterocycles. The van der Waals surface area contributed by atoms with E-state index in [2.05, 4.69) is 9.47 Å². The molecule has 0 fully saturated rings. The summed E-state index contributed by atoms with van der Waals surface area (Å²) in [5.41, 5.74) is 0.360. The van der Waals surface area contributed by atoms with Crippen LogP contribution in [0, 0.1) is 0 Å². The van der Waals surface area contributed by atoms with E-state index in [9.17, 15) is 27.5 Å². The number of hydrogen-bond acceptors (Lipinski definition) is 4. The van der Waals surface area contributed by atoms with Gasteiger partial charge in [-0.2, -0.15) is 17.6 Å². The lowest BCUT2D eigenvalue weighted by Gasteiger charge is -2.06. The fourth-order valence-electron chi connectivity index (χ4n) is 1.90. The van der Waals surface area contributed by atoms with Crippen molar-refractivity contribution < 1.29 is 36.9 Å². The summed E-state index contributed by atoms with van der Waals surface area (Å²) < 4.78 is 56.6. The molecule has 0 aromatic heterocycles. The molecule has 2 aromatic carbocycles. The average Bonchev–Trinajstić information content (AvgIpc) is 2.55.